The quantitative estimate of drug-likeness (QED) is 0.922. The summed E-state index contributed by atoms with van der Waals surface area (Å²) >= 11 is 3.52. The normalized spacial score (nSPS) is 12.4. The predicted octanol–water partition coefficient (Wildman–Crippen LogP) is 3.96. The molecule has 0 aliphatic carbocycles. The van der Waals surface area contributed by atoms with Gasteiger partial charge in [0.2, 0.25) is 0 Å². The van der Waals surface area contributed by atoms with Crippen LogP contribution >= 0.6 is 15.9 Å². The zero-order valence-electron chi connectivity index (χ0n) is 11.6. The number of hydrogen-bond donors (Lipinski definition) is 1. The molecule has 2 nitrogen and oxygen atoms in total. The minimum atomic E-state index is 0.245. The second kappa shape index (κ2) is 6.31. The van der Waals surface area contributed by atoms with Crippen LogP contribution in [0.1, 0.15) is 28.4 Å². The third kappa shape index (κ3) is 3.64. The number of aryl methyl sites for hydroxylation is 2. The Bertz CT molecular complexity index is 566. The molecule has 1 N–H and O–H groups in total. The minimum Gasteiger partial charge on any atom is -0.311 e. The molecule has 3 heteroatoms. The molecule has 0 aliphatic heterocycles. The average molecular weight is 319 g/mol. The maximum atomic E-state index is 4.59. The van der Waals surface area contributed by atoms with Gasteiger partial charge in [0.05, 0.1) is 11.7 Å². The molecule has 2 aromatic rings. The van der Waals surface area contributed by atoms with E-state index in [0.29, 0.717) is 0 Å². The van der Waals surface area contributed by atoms with Gasteiger partial charge in [-0.05, 0) is 56.1 Å². The van der Waals surface area contributed by atoms with Gasteiger partial charge in [0, 0.05) is 10.7 Å². The van der Waals surface area contributed by atoms with E-state index in [2.05, 4.69) is 64.3 Å². The molecule has 0 amide bonds. The third-order valence-electron chi connectivity index (χ3n) is 3.26. The first-order valence-corrected chi connectivity index (χ1v) is 7.24. The van der Waals surface area contributed by atoms with Gasteiger partial charge in [-0.2, -0.15) is 0 Å². The molecule has 19 heavy (non-hydrogen) atoms. The molecule has 100 valence electrons. The van der Waals surface area contributed by atoms with Crippen molar-refractivity contribution in [1.82, 2.24) is 10.3 Å². The van der Waals surface area contributed by atoms with Crippen molar-refractivity contribution in [3.63, 3.8) is 0 Å². The maximum absolute atomic E-state index is 4.59. The lowest BCUT2D eigenvalue weighted by Gasteiger charge is -2.18. The molecule has 2 rings (SSSR count). The Morgan fingerprint density at radius 2 is 2.05 bits per heavy atom. The van der Waals surface area contributed by atoms with Gasteiger partial charge in [0.15, 0.2) is 0 Å². The van der Waals surface area contributed by atoms with Gasteiger partial charge in [-0.15, -0.1) is 0 Å². The predicted molar refractivity (Wildman–Crippen MR) is 83.4 cm³/mol. The van der Waals surface area contributed by atoms with Crippen molar-refractivity contribution in [2.75, 3.05) is 7.05 Å². The van der Waals surface area contributed by atoms with Crippen LogP contribution in [0.25, 0.3) is 0 Å². The van der Waals surface area contributed by atoms with Crippen LogP contribution in [0.4, 0.5) is 0 Å². The van der Waals surface area contributed by atoms with Gasteiger partial charge in [-0.25, -0.2) is 0 Å². The fourth-order valence-corrected chi connectivity index (χ4v) is 2.77. The Morgan fingerprint density at radius 1 is 1.26 bits per heavy atom. The first-order valence-electron chi connectivity index (χ1n) is 6.45. The van der Waals surface area contributed by atoms with Crippen LogP contribution in [0.2, 0.25) is 0 Å². The molecule has 0 spiro atoms. The second-order valence-electron chi connectivity index (χ2n) is 4.89. The number of nitrogens with zero attached hydrogens (tertiary/aromatic N) is 1. The number of benzene rings is 1. The van der Waals surface area contributed by atoms with E-state index in [1.807, 2.05) is 19.3 Å². The van der Waals surface area contributed by atoms with Gasteiger partial charge < -0.3 is 5.32 Å². The molecule has 1 unspecified atom stereocenters. The Labute approximate surface area is 123 Å². The van der Waals surface area contributed by atoms with E-state index >= 15 is 0 Å². The summed E-state index contributed by atoms with van der Waals surface area (Å²) < 4.78 is 1.12. The molecule has 1 aromatic heterocycles. The lowest BCUT2D eigenvalue weighted by atomic mass is 9.99. The first kappa shape index (κ1) is 14.2. The van der Waals surface area contributed by atoms with Crippen LogP contribution < -0.4 is 5.32 Å². The van der Waals surface area contributed by atoms with Crippen LogP contribution in [-0.2, 0) is 6.42 Å². The Morgan fingerprint density at radius 3 is 2.68 bits per heavy atom. The maximum Gasteiger partial charge on any atom is 0.0605 e. The monoisotopic (exact) mass is 318 g/mol. The smallest absolute Gasteiger partial charge is 0.0605 e. The zero-order valence-corrected chi connectivity index (χ0v) is 13.2. The van der Waals surface area contributed by atoms with Crippen LogP contribution in [0, 0.1) is 13.8 Å². The van der Waals surface area contributed by atoms with Crippen LogP contribution in [-0.4, -0.2) is 12.0 Å². The van der Waals surface area contributed by atoms with E-state index in [-0.39, 0.29) is 6.04 Å². The van der Waals surface area contributed by atoms with Crippen molar-refractivity contribution in [3.05, 3.63) is 63.4 Å². The summed E-state index contributed by atoms with van der Waals surface area (Å²) in [5.74, 6) is 0. The lowest BCUT2D eigenvalue weighted by Crippen LogP contribution is -2.21. The number of nitrogens with one attached hydrogen (secondary N) is 1. The summed E-state index contributed by atoms with van der Waals surface area (Å²) in [6.07, 6.45) is 2.88. The van der Waals surface area contributed by atoms with Gasteiger partial charge >= 0.3 is 0 Å². The Hall–Kier alpha value is -1.19. The minimum absolute atomic E-state index is 0.245. The zero-order chi connectivity index (χ0) is 13.8. The van der Waals surface area contributed by atoms with Gasteiger partial charge in [0.25, 0.3) is 0 Å². The fraction of sp³-hybridized carbons (Fsp3) is 0.312. The van der Waals surface area contributed by atoms with E-state index in [4.69, 9.17) is 0 Å². The van der Waals surface area contributed by atoms with Gasteiger partial charge in [-0.3, -0.25) is 4.98 Å². The van der Waals surface area contributed by atoms with Crippen LogP contribution in [0.15, 0.2) is 41.0 Å². The molecule has 1 atom stereocenters. The highest BCUT2D eigenvalue weighted by molar-refractivity contribution is 9.10. The fourth-order valence-electron chi connectivity index (χ4n) is 2.33. The summed E-state index contributed by atoms with van der Waals surface area (Å²) in [7, 11) is 1.99. The molecule has 1 aromatic carbocycles. The molecule has 1 heterocycles. The largest absolute Gasteiger partial charge is 0.311 e. The third-order valence-corrected chi connectivity index (χ3v) is 3.76. The summed E-state index contributed by atoms with van der Waals surface area (Å²) in [6.45, 7) is 4.20. The lowest BCUT2D eigenvalue weighted by molar-refractivity contribution is 0.572. The molecule has 0 saturated carbocycles. The molecule has 0 aliphatic rings. The van der Waals surface area contributed by atoms with Crippen molar-refractivity contribution in [2.45, 2.75) is 26.3 Å². The SMILES string of the molecule is CNC(Cc1cccc(Br)c1)c1ncc(C)cc1C. The van der Waals surface area contributed by atoms with Crippen molar-refractivity contribution >= 4 is 15.9 Å². The van der Waals surface area contributed by atoms with Crippen LogP contribution in [0.3, 0.4) is 0 Å². The number of halogens is 1. The summed E-state index contributed by atoms with van der Waals surface area (Å²) in [4.78, 5) is 4.59. The molecular formula is C16H19BrN2. The van der Waals surface area contributed by atoms with E-state index in [0.717, 1.165) is 16.6 Å². The second-order valence-corrected chi connectivity index (χ2v) is 5.81. The number of rotatable bonds is 4. The number of pyridine rings is 1. The van der Waals surface area contributed by atoms with E-state index in [1.54, 1.807) is 0 Å². The number of likely N-dealkylation sites (N-methyl/N-ethyl adjacent to an activating group) is 1. The summed E-state index contributed by atoms with van der Waals surface area (Å²) in [5.41, 5.74) is 4.89. The van der Waals surface area contributed by atoms with E-state index in [1.165, 1.54) is 16.7 Å². The first-order chi connectivity index (χ1) is 9.10. The van der Waals surface area contributed by atoms with Gasteiger partial charge in [0.1, 0.15) is 0 Å². The summed E-state index contributed by atoms with van der Waals surface area (Å²) in [5, 5.41) is 3.37. The number of hydrogen-bond acceptors (Lipinski definition) is 2. The topological polar surface area (TPSA) is 24.9 Å². The standard InChI is InChI=1S/C16H19BrN2/c1-11-7-12(2)16(19-10-11)15(18-3)9-13-5-4-6-14(17)8-13/h4-8,10,15,18H,9H2,1-3H3. The Balaban J connectivity index is 2.25. The Kier molecular flexibility index (Phi) is 4.72. The van der Waals surface area contributed by atoms with Gasteiger partial charge in [-0.1, -0.05) is 34.1 Å². The van der Waals surface area contributed by atoms with Crippen molar-refractivity contribution in [1.29, 1.82) is 0 Å². The highest BCUT2D eigenvalue weighted by Crippen LogP contribution is 2.21. The molecular weight excluding hydrogens is 300 g/mol. The molecule has 0 radical (unpaired) electrons. The van der Waals surface area contributed by atoms with E-state index in [9.17, 15) is 0 Å². The average Bonchev–Trinajstić information content (AvgIpc) is 2.37. The summed E-state index contributed by atoms with van der Waals surface area (Å²) in [6, 6.07) is 10.9. The molecule has 0 bridgehead atoms. The van der Waals surface area contributed by atoms with Crippen LogP contribution in [0.5, 0.6) is 0 Å². The number of aromatic nitrogens is 1. The van der Waals surface area contributed by atoms with Crippen molar-refractivity contribution < 1.29 is 0 Å². The molecule has 0 fully saturated rings. The van der Waals surface area contributed by atoms with Crippen molar-refractivity contribution in [3.8, 4) is 0 Å². The highest BCUT2D eigenvalue weighted by Gasteiger charge is 2.14. The highest BCUT2D eigenvalue weighted by atomic mass is 79.9. The van der Waals surface area contributed by atoms with Crippen molar-refractivity contribution in [2.24, 2.45) is 0 Å². The van der Waals surface area contributed by atoms with E-state index < -0.39 is 0 Å². The molecule has 0 saturated heterocycles.